The first-order valence-electron chi connectivity index (χ1n) is 8.12. The number of carboxylic acid groups (broad SMARTS) is 1. The molecule has 0 amide bonds. The number of aliphatic hydroxyl groups is 4. The molecule has 1 aliphatic heterocycles. The number of thioether (sulfide) groups is 1. The van der Waals surface area contributed by atoms with Crippen LogP contribution in [0.5, 0.6) is 0 Å². The molecule has 0 aromatic carbocycles. The van der Waals surface area contributed by atoms with Crippen molar-refractivity contribution in [3.05, 3.63) is 0 Å². The van der Waals surface area contributed by atoms with E-state index >= 15 is 0 Å². The van der Waals surface area contributed by atoms with Gasteiger partial charge in [-0.05, 0) is 12.2 Å². The van der Waals surface area contributed by atoms with Crippen molar-refractivity contribution >= 4 is 26.5 Å². The van der Waals surface area contributed by atoms with E-state index in [4.69, 9.17) is 19.5 Å². The summed E-state index contributed by atoms with van der Waals surface area (Å²) in [6.45, 7) is 0.442. The molecular formula is C14H28NO8PS. The van der Waals surface area contributed by atoms with Crippen LogP contribution < -0.4 is 5.32 Å². The van der Waals surface area contributed by atoms with Crippen molar-refractivity contribution in [2.24, 2.45) is 0 Å². The Balaban J connectivity index is 2.03. The molecule has 1 fully saturated rings. The van der Waals surface area contributed by atoms with Gasteiger partial charge in [-0.2, -0.15) is 11.8 Å². The lowest BCUT2D eigenvalue weighted by atomic mass is 10.1. The summed E-state index contributed by atoms with van der Waals surface area (Å²) < 4.78 is 10.6. The normalized spacial score (nSPS) is 29.0. The number of carbonyl (C=O) groups is 1. The average molecular weight is 401 g/mol. The maximum absolute atomic E-state index is 10.3. The third-order valence-electron chi connectivity index (χ3n) is 3.52. The molecule has 0 aromatic heterocycles. The van der Waals surface area contributed by atoms with Crippen molar-refractivity contribution in [3.63, 3.8) is 0 Å². The summed E-state index contributed by atoms with van der Waals surface area (Å²) in [5.41, 5.74) is 0. The maximum atomic E-state index is 10.3. The van der Waals surface area contributed by atoms with Gasteiger partial charge < -0.3 is 40.1 Å². The Kier molecular flexibility index (Phi) is 12.1. The van der Waals surface area contributed by atoms with Crippen LogP contribution in [-0.4, -0.2) is 99.6 Å². The topological polar surface area (TPSA) is 149 Å². The molecule has 1 saturated heterocycles. The van der Waals surface area contributed by atoms with Gasteiger partial charge in [0, 0.05) is 27.7 Å². The fraction of sp³-hybridized carbons (Fsp3) is 0.929. The number of aliphatic carboxylic acids is 1. The summed E-state index contributed by atoms with van der Waals surface area (Å²) in [5, 5.41) is 50.0. The van der Waals surface area contributed by atoms with E-state index in [0.29, 0.717) is 12.4 Å². The quantitative estimate of drug-likeness (QED) is 0.160. The van der Waals surface area contributed by atoms with E-state index in [2.05, 4.69) is 5.32 Å². The van der Waals surface area contributed by atoms with Crippen LogP contribution >= 0.6 is 20.6 Å². The number of hydrogen-bond donors (Lipinski definition) is 6. The summed E-state index contributed by atoms with van der Waals surface area (Å²) >= 11 is 1.55. The Morgan fingerprint density at radius 3 is 2.76 bits per heavy atom. The van der Waals surface area contributed by atoms with Crippen LogP contribution in [0.4, 0.5) is 0 Å². The van der Waals surface area contributed by atoms with Gasteiger partial charge in [0.05, 0.1) is 31.5 Å². The zero-order valence-electron chi connectivity index (χ0n) is 13.9. The van der Waals surface area contributed by atoms with E-state index in [-0.39, 0.29) is 35.0 Å². The van der Waals surface area contributed by atoms with Crippen LogP contribution in [0.15, 0.2) is 0 Å². The van der Waals surface area contributed by atoms with Crippen molar-refractivity contribution < 1.29 is 39.6 Å². The van der Waals surface area contributed by atoms with Crippen LogP contribution in [0.25, 0.3) is 0 Å². The van der Waals surface area contributed by atoms with Crippen molar-refractivity contribution in [2.75, 3.05) is 37.9 Å². The second kappa shape index (κ2) is 13.2. The molecule has 25 heavy (non-hydrogen) atoms. The number of nitrogens with one attached hydrogen (secondary N) is 1. The summed E-state index contributed by atoms with van der Waals surface area (Å²) in [6, 6.07) is 0. The standard InChI is InChI=1S/C14H28NO8PS/c16-7-10-12(20)13(21)14(24-23-10)15-6-9(17)8-22-3-1-4-25-5-2-11(18)19/h9-10,12-17,20-21,24H,1-8H2,(H,18,19). The predicted octanol–water partition coefficient (Wildman–Crippen LogP) is -1.42. The Morgan fingerprint density at radius 2 is 2.08 bits per heavy atom. The van der Waals surface area contributed by atoms with Crippen molar-refractivity contribution in [2.45, 2.75) is 43.0 Å². The minimum absolute atomic E-state index is 0.132. The van der Waals surface area contributed by atoms with Crippen molar-refractivity contribution in [1.82, 2.24) is 5.32 Å². The third-order valence-corrected chi connectivity index (χ3v) is 5.83. The largest absolute Gasteiger partial charge is 0.481 e. The fourth-order valence-corrected chi connectivity index (χ4v) is 4.01. The Morgan fingerprint density at radius 1 is 1.32 bits per heavy atom. The van der Waals surface area contributed by atoms with Crippen molar-refractivity contribution in [3.8, 4) is 0 Å². The highest BCUT2D eigenvalue weighted by Crippen LogP contribution is 2.32. The van der Waals surface area contributed by atoms with Crippen LogP contribution in [0.3, 0.4) is 0 Å². The van der Waals surface area contributed by atoms with Gasteiger partial charge in [0.1, 0.15) is 18.3 Å². The summed E-state index contributed by atoms with van der Waals surface area (Å²) in [6.07, 6.45) is -2.86. The molecule has 0 saturated carbocycles. The molecule has 9 nitrogen and oxygen atoms in total. The Hall–Kier alpha value is -0.0300. The van der Waals surface area contributed by atoms with E-state index in [1.807, 2.05) is 0 Å². The molecule has 0 aliphatic carbocycles. The van der Waals surface area contributed by atoms with Gasteiger partial charge in [-0.15, -0.1) is 0 Å². The highest BCUT2D eigenvalue weighted by molar-refractivity contribution is 7.99. The molecule has 11 heteroatoms. The molecule has 0 aromatic rings. The molecular weight excluding hydrogens is 373 g/mol. The maximum Gasteiger partial charge on any atom is 0.304 e. The molecule has 0 spiro atoms. The van der Waals surface area contributed by atoms with Gasteiger partial charge in [0.15, 0.2) is 0 Å². The first-order chi connectivity index (χ1) is 12.0. The monoisotopic (exact) mass is 401 g/mol. The lowest BCUT2D eigenvalue weighted by Crippen LogP contribution is -2.54. The van der Waals surface area contributed by atoms with Gasteiger partial charge in [-0.3, -0.25) is 4.79 Å². The molecule has 148 valence electrons. The second-order valence-corrected chi connectivity index (χ2v) is 7.98. The Bertz CT molecular complexity index is 381. The van der Waals surface area contributed by atoms with E-state index in [1.54, 1.807) is 11.8 Å². The highest BCUT2D eigenvalue weighted by Gasteiger charge is 2.38. The van der Waals surface area contributed by atoms with Crippen LogP contribution in [-0.2, 0) is 14.1 Å². The van der Waals surface area contributed by atoms with Gasteiger partial charge in [-0.1, -0.05) is 0 Å². The van der Waals surface area contributed by atoms with E-state index in [9.17, 15) is 20.1 Å². The van der Waals surface area contributed by atoms with E-state index in [0.717, 1.165) is 12.2 Å². The second-order valence-electron chi connectivity index (χ2n) is 5.66. The molecule has 0 bridgehead atoms. The lowest BCUT2D eigenvalue weighted by molar-refractivity contribution is -0.136. The lowest BCUT2D eigenvalue weighted by Gasteiger charge is -2.37. The summed E-state index contributed by atoms with van der Waals surface area (Å²) in [7, 11) is -0.132. The number of carboxylic acids is 1. The zero-order chi connectivity index (χ0) is 18.7. The van der Waals surface area contributed by atoms with Crippen LogP contribution in [0.2, 0.25) is 0 Å². The first kappa shape index (κ1) is 23.0. The minimum Gasteiger partial charge on any atom is -0.481 e. The molecule has 6 unspecified atom stereocenters. The predicted molar refractivity (Wildman–Crippen MR) is 95.1 cm³/mol. The van der Waals surface area contributed by atoms with Gasteiger partial charge in [0.25, 0.3) is 0 Å². The molecule has 1 rings (SSSR count). The first-order valence-corrected chi connectivity index (χ1v) is 10.3. The molecule has 6 N–H and O–H groups in total. The third kappa shape index (κ3) is 9.46. The fourth-order valence-electron chi connectivity index (χ4n) is 2.09. The van der Waals surface area contributed by atoms with Gasteiger partial charge >= 0.3 is 5.97 Å². The molecule has 1 aliphatic rings. The smallest absolute Gasteiger partial charge is 0.304 e. The Labute approximate surface area is 153 Å². The highest BCUT2D eigenvalue weighted by atomic mass is 32.2. The van der Waals surface area contributed by atoms with E-state index < -0.39 is 36.2 Å². The van der Waals surface area contributed by atoms with Gasteiger partial charge in [0.2, 0.25) is 0 Å². The molecule has 0 radical (unpaired) electrons. The van der Waals surface area contributed by atoms with Crippen LogP contribution in [0.1, 0.15) is 12.8 Å². The SMILES string of the molecule is O=C(O)CCSCCCOCC(O)CNC1POC(CO)C(O)C1O. The molecule has 1 heterocycles. The zero-order valence-corrected chi connectivity index (χ0v) is 15.7. The van der Waals surface area contributed by atoms with Crippen molar-refractivity contribution in [1.29, 1.82) is 0 Å². The number of ether oxygens (including phenoxy) is 1. The average Bonchev–Trinajstić information content (AvgIpc) is 2.58. The number of aliphatic hydroxyl groups excluding tert-OH is 4. The van der Waals surface area contributed by atoms with Gasteiger partial charge in [-0.25, -0.2) is 0 Å². The summed E-state index contributed by atoms with van der Waals surface area (Å²) in [5.74, 6) is 0.0846. The van der Waals surface area contributed by atoms with Crippen LogP contribution in [0, 0.1) is 0 Å². The number of hydrogen-bond acceptors (Lipinski definition) is 9. The summed E-state index contributed by atoms with van der Waals surface area (Å²) in [4.78, 5) is 10.3. The number of rotatable bonds is 13. The van der Waals surface area contributed by atoms with E-state index in [1.165, 1.54) is 0 Å². The minimum atomic E-state index is -1.17. The molecule has 6 atom stereocenters.